The molecule has 6 heteroatoms. The second-order valence-electron chi connectivity index (χ2n) is 7.04. The first-order valence-corrected chi connectivity index (χ1v) is 8.21. The summed E-state index contributed by atoms with van der Waals surface area (Å²) in [7, 11) is 0. The highest BCUT2D eigenvalue weighted by molar-refractivity contribution is 6.09. The fourth-order valence-electron chi connectivity index (χ4n) is 3.25. The molecule has 3 unspecified atom stereocenters. The van der Waals surface area contributed by atoms with Crippen LogP contribution < -0.4 is 10.6 Å². The fraction of sp³-hybridized carbons (Fsp3) is 0.812. The van der Waals surface area contributed by atoms with Gasteiger partial charge < -0.3 is 10.6 Å². The van der Waals surface area contributed by atoms with Crippen molar-refractivity contribution in [1.82, 2.24) is 15.5 Å². The maximum absolute atomic E-state index is 12.7. The first kappa shape index (κ1) is 16.8. The second kappa shape index (κ2) is 6.26. The first-order valence-electron chi connectivity index (χ1n) is 8.21. The molecule has 1 saturated heterocycles. The minimum atomic E-state index is -0.792. The molecular weight excluding hydrogens is 282 g/mol. The molecule has 6 nitrogen and oxygen atoms in total. The minimum Gasteiger partial charge on any atom is -0.352 e. The number of hydrogen-bond donors (Lipinski definition) is 2. The van der Waals surface area contributed by atoms with E-state index in [9.17, 15) is 14.4 Å². The Bertz CT molecular complexity index is 477. The summed E-state index contributed by atoms with van der Waals surface area (Å²) in [6, 6.07) is -0.429. The van der Waals surface area contributed by atoms with Crippen LogP contribution in [0.2, 0.25) is 0 Å². The van der Waals surface area contributed by atoms with Crippen molar-refractivity contribution in [2.45, 2.75) is 65.0 Å². The zero-order chi connectivity index (χ0) is 16.5. The Hall–Kier alpha value is -1.59. The maximum atomic E-state index is 12.7. The molecule has 1 aliphatic heterocycles. The van der Waals surface area contributed by atoms with Crippen molar-refractivity contribution in [1.29, 1.82) is 0 Å². The second-order valence-corrected chi connectivity index (χ2v) is 7.04. The normalized spacial score (nSPS) is 29.9. The molecule has 4 amide bonds. The summed E-state index contributed by atoms with van der Waals surface area (Å²) in [5.41, 5.74) is -0.792. The predicted octanol–water partition coefficient (Wildman–Crippen LogP) is 1.65. The molecule has 2 N–H and O–H groups in total. The molecule has 3 atom stereocenters. The molecule has 1 aliphatic carbocycles. The van der Waals surface area contributed by atoms with Gasteiger partial charge in [-0.25, -0.2) is 4.79 Å². The molecule has 0 aromatic rings. The average molecular weight is 309 g/mol. The third kappa shape index (κ3) is 2.96. The highest BCUT2D eigenvalue weighted by atomic mass is 16.2. The van der Waals surface area contributed by atoms with E-state index < -0.39 is 11.6 Å². The smallest absolute Gasteiger partial charge is 0.325 e. The van der Waals surface area contributed by atoms with Gasteiger partial charge in [0.2, 0.25) is 5.91 Å². The van der Waals surface area contributed by atoms with Gasteiger partial charge in [0.15, 0.2) is 0 Å². The Morgan fingerprint density at radius 2 is 2.05 bits per heavy atom. The van der Waals surface area contributed by atoms with Gasteiger partial charge in [-0.3, -0.25) is 14.5 Å². The van der Waals surface area contributed by atoms with Gasteiger partial charge in [-0.15, -0.1) is 0 Å². The van der Waals surface area contributed by atoms with E-state index in [-0.39, 0.29) is 30.3 Å². The zero-order valence-corrected chi connectivity index (χ0v) is 13.9. The van der Waals surface area contributed by atoms with E-state index in [0.29, 0.717) is 12.3 Å². The number of nitrogens with zero attached hydrogens (tertiary/aromatic N) is 1. The highest BCUT2D eigenvalue weighted by Gasteiger charge is 2.55. The lowest BCUT2D eigenvalue weighted by Gasteiger charge is -2.36. The number of rotatable bonds is 4. The Labute approximate surface area is 132 Å². The number of imide groups is 1. The van der Waals surface area contributed by atoms with E-state index in [4.69, 9.17) is 0 Å². The molecule has 0 bridgehead atoms. The average Bonchev–Trinajstić information content (AvgIpc) is 2.67. The number of amides is 4. The van der Waals surface area contributed by atoms with Crippen molar-refractivity contribution < 1.29 is 14.4 Å². The first-order chi connectivity index (χ1) is 10.3. The molecule has 2 rings (SSSR count). The number of nitrogens with one attached hydrogen (secondary N) is 2. The lowest BCUT2D eigenvalue weighted by atomic mass is 9.73. The summed E-state index contributed by atoms with van der Waals surface area (Å²) in [6.45, 7) is 7.74. The van der Waals surface area contributed by atoms with Gasteiger partial charge in [-0.05, 0) is 31.6 Å². The van der Waals surface area contributed by atoms with Crippen molar-refractivity contribution >= 4 is 17.8 Å². The van der Waals surface area contributed by atoms with Crippen LogP contribution in [0.4, 0.5) is 4.79 Å². The standard InChI is InChI=1S/C16H27N3O3/c1-10(2)12(4)17-13(20)9-19-14(21)16(18-15(19)22)8-6-5-7-11(16)3/h10-12H,5-9H2,1-4H3,(H,17,20)(H,18,22). The summed E-state index contributed by atoms with van der Waals surface area (Å²) in [5.74, 6) is -0.112. The van der Waals surface area contributed by atoms with E-state index >= 15 is 0 Å². The molecule has 0 aromatic heterocycles. The van der Waals surface area contributed by atoms with E-state index in [2.05, 4.69) is 10.6 Å². The monoisotopic (exact) mass is 309 g/mol. The molecule has 0 aromatic carbocycles. The van der Waals surface area contributed by atoms with Gasteiger partial charge in [0.1, 0.15) is 12.1 Å². The summed E-state index contributed by atoms with van der Waals surface area (Å²) in [4.78, 5) is 38.0. The molecular formula is C16H27N3O3. The van der Waals surface area contributed by atoms with Crippen LogP contribution in [-0.4, -0.2) is 40.9 Å². The molecule has 1 heterocycles. The highest BCUT2D eigenvalue weighted by Crippen LogP contribution is 2.38. The van der Waals surface area contributed by atoms with Crippen LogP contribution in [0.25, 0.3) is 0 Å². The van der Waals surface area contributed by atoms with Crippen molar-refractivity contribution in [3.8, 4) is 0 Å². The topological polar surface area (TPSA) is 78.5 Å². The maximum Gasteiger partial charge on any atom is 0.325 e. The fourth-order valence-corrected chi connectivity index (χ4v) is 3.25. The van der Waals surface area contributed by atoms with Crippen LogP contribution in [-0.2, 0) is 9.59 Å². The molecule has 22 heavy (non-hydrogen) atoms. The van der Waals surface area contributed by atoms with E-state index in [1.54, 1.807) is 0 Å². The molecule has 2 aliphatic rings. The number of carbonyl (C=O) groups excluding carboxylic acids is 3. The van der Waals surface area contributed by atoms with E-state index in [1.807, 2.05) is 27.7 Å². The Kier molecular flexibility index (Phi) is 4.78. The number of carbonyl (C=O) groups is 3. The van der Waals surface area contributed by atoms with Crippen LogP contribution >= 0.6 is 0 Å². The summed E-state index contributed by atoms with van der Waals surface area (Å²) in [5, 5.41) is 5.69. The summed E-state index contributed by atoms with van der Waals surface area (Å²) in [6.07, 6.45) is 3.61. The van der Waals surface area contributed by atoms with Gasteiger partial charge in [-0.1, -0.05) is 33.6 Å². The predicted molar refractivity (Wildman–Crippen MR) is 83.1 cm³/mol. The Morgan fingerprint density at radius 3 is 2.64 bits per heavy atom. The molecule has 2 fully saturated rings. The molecule has 0 radical (unpaired) electrons. The van der Waals surface area contributed by atoms with Crippen LogP contribution in [0.3, 0.4) is 0 Å². The molecule has 1 saturated carbocycles. The SMILES string of the molecule is CC(C)C(C)NC(=O)CN1C(=O)NC2(CCCCC2C)C1=O. The molecule has 1 spiro atoms. The lowest BCUT2D eigenvalue weighted by Crippen LogP contribution is -2.54. The van der Waals surface area contributed by atoms with E-state index in [1.165, 1.54) is 0 Å². The van der Waals surface area contributed by atoms with E-state index in [0.717, 1.165) is 24.2 Å². The minimum absolute atomic E-state index is 0.0100. The number of urea groups is 1. The quantitative estimate of drug-likeness (QED) is 0.775. The van der Waals surface area contributed by atoms with Crippen LogP contribution in [0, 0.1) is 11.8 Å². The third-order valence-electron chi connectivity index (χ3n) is 5.19. The van der Waals surface area contributed by atoms with Crippen LogP contribution in [0.1, 0.15) is 53.4 Å². The third-order valence-corrected chi connectivity index (χ3v) is 5.19. The Morgan fingerprint density at radius 1 is 1.36 bits per heavy atom. The van der Waals surface area contributed by atoms with Gasteiger partial charge in [0, 0.05) is 6.04 Å². The van der Waals surface area contributed by atoms with Crippen molar-refractivity contribution in [2.75, 3.05) is 6.54 Å². The van der Waals surface area contributed by atoms with Crippen LogP contribution in [0.15, 0.2) is 0 Å². The van der Waals surface area contributed by atoms with Crippen LogP contribution in [0.5, 0.6) is 0 Å². The number of hydrogen-bond acceptors (Lipinski definition) is 3. The molecule has 124 valence electrons. The summed E-state index contributed by atoms with van der Waals surface area (Å²) >= 11 is 0. The Balaban J connectivity index is 2.05. The summed E-state index contributed by atoms with van der Waals surface area (Å²) < 4.78 is 0. The largest absolute Gasteiger partial charge is 0.352 e. The lowest BCUT2D eigenvalue weighted by molar-refractivity contribution is -0.137. The van der Waals surface area contributed by atoms with Crippen molar-refractivity contribution in [2.24, 2.45) is 11.8 Å². The van der Waals surface area contributed by atoms with Gasteiger partial charge in [-0.2, -0.15) is 0 Å². The van der Waals surface area contributed by atoms with Gasteiger partial charge >= 0.3 is 6.03 Å². The van der Waals surface area contributed by atoms with Gasteiger partial charge in [0.25, 0.3) is 5.91 Å². The zero-order valence-electron chi connectivity index (χ0n) is 13.9. The van der Waals surface area contributed by atoms with Crippen molar-refractivity contribution in [3.63, 3.8) is 0 Å². The van der Waals surface area contributed by atoms with Crippen molar-refractivity contribution in [3.05, 3.63) is 0 Å². The van der Waals surface area contributed by atoms with Gasteiger partial charge in [0.05, 0.1) is 0 Å².